The number of benzene rings is 1. The molecule has 1 aromatic carbocycles. The smallest absolute Gasteiger partial charge is 0.252 e. The van der Waals surface area contributed by atoms with Crippen LogP contribution in [0.25, 0.3) is 6.08 Å². The minimum Gasteiger partial charge on any atom is -0.272 e. The Labute approximate surface area is 101 Å². The number of hydrogen-bond donors (Lipinski definition) is 1. The van der Waals surface area contributed by atoms with Crippen LogP contribution in [0.3, 0.4) is 0 Å². The third-order valence-corrected chi connectivity index (χ3v) is 3.26. The molecule has 0 unspecified atom stereocenters. The van der Waals surface area contributed by atoms with Crippen LogP contribution >= 0.6 is 0 Å². The summed E-state index contributed by atoms with van der Waals surface area (Å²) in [5.41, 5.74) is 4.02. The van der Waals surface area contributed by atoms with Crippen molar-refractivity contribution in [3.63, 3.8) is 0 Å². The normalized spacial score (nSPS) is 23.9. The average Bonchev–Trinajstić information content (AvgIpc) is 2.59. The molecule has 3 nitrogen and oxygen atoms in total. The second-order valence-corrected chi connectivity index (χ2v) is 4.49. The highest BCUT2D eigenvalue weighted by Crippen LogP contribution is 2.28. The Kier molecular flexibility index (Phi) is 3.09. The molecule has 1 aliphatic rings. The van der Waals surface area contributed by atoms with Crippen molar-refractivity contribution in [2.24, 2.45) is 10.5 Å². The minimum absolute atomic E-state index is 0.0206. The van der Waals surface area contributed by atoms with Crippen LogP contribution in [0.15, 0.2) is 41.5 Å². The molecule has 0 aromatic heterocycles. The first-order valence-corrected chi connectivity index (χ1v) is 5.70. The molecule has 1 heterocycles. The molecule has 0 saturated heterocycles. The number of amides is 1. The number of hydrogen-bond acceptors (Lipinski definition) is 2. The molecule has 0 radical (unpaired) electrons. The van der Waals surface area contributed by atoms with Crippen LogP contribution in [-0.2, 0) is 4.79 Å². The fourth-order valence-corrected chi connectivity index (χ4v) is 1.78. The van der Waals surface area contributed by atoms with Gasteiger partial charge in [-0.2, -0.15) is 5.10 Å². The van der Waals surface area contributed by atoms with E-state index in [2.05, 4.69) is 10.5 Å². The van der Waals surface area contributed by atoms with E-state index in [4.69, 9.17) is 0 Å². The maximum absolute atomic E-state index is 11.7. The van der Waals surface area contributed by atoms with Crippen molar-refractivity contribution < 1.29 is 4.79 Å². The average molecular weight is 228 g/mol. The maximum Gasteiger partial charge on any atom is 0.252 e. The Bertz CT molecular complexity index is 476. The summed E-state index contributed by atoms with van der Waals surface area (Å²) in [6.07, 6.45) is 4.73. The van der Waals surface area contributed by atoms with Gasteiger partial charge >= 0.3 is 0 Å². The van der Waals surface area contributed by atoms with Crippen molar-refractivity contribution in [3.8, 4) is 0 Å². The molecule has 0 fully saturated rings. The molecule has 0 aliphatic carbocycles. The topological polar surface area (TPSA) is 41.5 Å². The standard InChI is InChI=1S/C14H16N2O/c1-11-14(2,13(17)16-15-11)10-6-9-12-7-4-3-5-8-12/h3-9H,10H2,1-2H3,(H,16,17)/b9-6+/t14-/m1/s1. The van der Waals surface area contributed by atoms with E-state index >= 15 is 0 Å². The highest BCUT2D eigenvalue weighted by molar-refractivity contribution is 6.11. The van der Waals surface area contributed by atoms with Gasteiger partial charge in [0.15, 0.2) is 0 Å². The molecule has 17 heavy (non-hydrogen) atoms. The van der Waals surface area contributed by atoms with Crippen molar-refractivity contribution in [2.75, 3.05) is 0 Å². The van der Waals surface area contributed by atoms with Crippen LogP contribution in [0.5, 0.6) is 0 Å². The molecule has 1 amide bonds. The quantitative estimate of drug-likeness (QED) is 0.848. The van der Waals surface area contributed by atoms with Gasteiger partial charge in [-0.1, -0.05) is 42.5 Å². The van der Waals surface area contributed by atoms with Gasteiger partial charge in [0.05, 0.1) is 11.1 Å². The Morgan fingerprint density at radius 3 is 2.65 bits per heavy atom. The van der Waals surface area contributed by atoms with Gasteiger partial charge in [-0.15, -0.1) is 0 Å². The summed E-state index contributed by atoms with van der Waals surface area (Å²) < 4.78 is 0. The van der Waals surface area contributed by atoms with E-state index in [1.807, 2.05) is 56.3 Å². The lowest BCUT2D eigenvalue weighted by atomic mass is 9.82. The van der Waals surface area contributed by atoms with Gasteiger partial charge in [-0.25, -0.2) is 5.43 Å². The molecule has 1 atom stereocenters. The highest BCUT2D eigenvalue weighted by atomic mass is 16.2. The first-order chi connectivity index (χ1) is 8.13. The largest absolute Gasteiger partial charge is 0.272 e. The van der Waals surface area contributed by atoms with E-state index < -0.39 is 5.41 Å². The van der Waals surface area contributed by atoms with E-state index in [0.29, 0.717) is 6.42 Å². The second-order valence-electron chi connectivity index (χ2n) is 4.49. The molecular weight excluding hydrogens is 212 g/mol. The monoisotopic (exact) mass is 228 g/mol. The number of nitrogens with zero attached hydrogens (tertiary/aromatic N) is 1. The van der Waals surface area contributed by atoms with Crippen LogP contribution in [0, 0.1) is 5.41 Å². The molecule has 88 valence electrons. The van der Waals surface area contributed by atoms with Crippen LogP contribution in [0.4, 0.5) is 0 Å². The van der Waals surface area contributed by atoms with E-state index in [0.717, 1.165) is 11.3 Å². The minimum atomic E-state index is -0.495. The van der Waals surface area contributed by atoms with Gasteiger partial charge < -0.3 is 0 Å². The Hall–Kier alpha value is -1.90. The van der Waals surface area contributed by atoms with Crippen molar-refractivity contribution in [1.29, 1.82) is 0 Å². The number of carbonyl (C=O) groups is 1. The number of nitrogens with one attached hydrogen (secondary N) is 1. The number of hydrazone groups is 1. The van der Waals surface area contributed by atoms with Crippen LogP contribution in [0.2, 0.25) is 0 Å². The van der Waals surface area contributed by atoms with Crippen molar-refractivity contribution in [1.82, 2.24) is 5.43 Å². The first-order valence-electron chi connectivity index (χ1n) is 5.70. The lowest BCUT2D eigenvalue weighted by molar-refractivity contribution is -0.125. The van der Waals surface area contributed by atoms with Gasteiger partial charge in [0, 0.05) is 0 Å². The molecule has 0 saturated carbocycles. The first kappa shape index (κ1) is 11.6. The second kappa shape index (κ2) is 4.53. The zero-order chi connectivity index (χ0) is 12.3. The summed E-state index contributed by atoms with van der Waals surface area (Å²) in [5.74, 6) is -0.0206. The molecule has 1 N–H and O–H groups in total. The summed E-state index contributed by atoms with van der Waals surface area (Å²) in [6, 6.07) is 10.1. The highest BCUT2D eigenvalue weighted by Gasteiger charge is 2.39. The number of allylic oxidation sites excluding steroid dienone is 1. The van der Waals surface area contributed by atoms with Gasteiger partial charge in [0.25, 0.3) is 5.91 Å². The van der Waals surface area contributed by atoms with Crippen LogP contribution in [0.1, 0.15) is 25.8 Å². The number of carbonyl (C=O) groups excluding carboxylic acids is 1. The van der Waals surface area contributed by atoms with Crippen molar-refractivity contribution >= 4 is 17.7 Å². The predicted molar refractivity (Wildman–Crippen MR) is 69.5 cm³/mol. The predicted octanol–water partition coefficient (Wildman–Crippen LogP) is 2.60. The molecule has 2 rings (SSSR count). The lowest BCUT2D eigenvalue weighted by Gasteiger charge is -2.18. The molecule has 0 bridgehead atoms. The van der Waals surface area contributed by atoms with Gasteiger partial charge in [0.2, 0.25) is 0 Å². The summed E-state index contributed by atoms with van der Waals surface area (Å²) in [7, 11) is 0. The molecule has 0 spiro atoms. The fourth-order valence-electron chi connectivity index (χ4n) is 1.78. The maximum atomic E-state index is 11.7. The van der Waals surface area contributed by atoms with Crippen LogP contribution in [-0.4, -0.2) is 11.6 Å². The molecular formula is C14H16N2O. The third-order valence-electron chi connectivity index (χ3n) is 3.26. The SMILES string of the molecule is CC1=NNC(=O)[C@]1(C)C/C=C/c1ccccc1. The van der Waals surface area contributed by atoms with Gasteiger partial charge in [-0.05, 0) is 25.8 Å². The summed E-state index contributed by atoms with van der Waals surface area (Å²) in [4.78, 5) is 11.7. The summed E-state index contributed by atoms with van der Waals surface area (Å²) in [5, 5.41) is 3.98. The zero-order valence-corrected chi connectivity index (χ0v) is 10.1. The van der Waals surface area contributed by atoms with Crippen molar-refractivity contribution in [2.45, 2.75) is 20.3 Å². The molecule has 1 aromatic rings. The molecule has 1 aliphatic heterocycles. The van der Waals surface area contributed by atoms with Gasteiger partial charge in [0.1, 0.15) is 0 Å². The summed E-state index contributed by atoms with van der Waals surface area (Å²) >= 11 is 0. The number of rotatable bonds is 3. The Morgan fingerprint density at radius 1 is 1.35 bits per heavy atom. The van der Waals surface area contributed by atoms with Crippen LogP contribution < -0.4 is 5.43 Å². The van der Waals surface area contributed by atoms with E-state index in [-0.39, 0.29) is 5.91 Å². The fraction of sp³-hybridized carbons (Fsp3) is 0.286. The lowest BCUT2D eigenvalue weighted by Crippen LogP contribution is -2.33. The van der Waals surface area contributed by atoms with E-state index in [9.17, 15) is 4.79 Å². The summed E-state index contributed by atoms with van der Waals surface area (Å²) in [6.45, 7) is 3.80. The Morgan fingerprint density at radius 2 is 2.06 bits per heavy atom. The Balaban J connectivity index is 2.06. The van der Waals surface area contributed by atoms with E-state index in [1.54, 1.807) is 0 Å². The van der Waals surface area contributed by atoms with Gasteiger partial charge in [-0.3, -0.25) is 4.79 Å². The van der Waals surface area contributed by atoms with Crippen molar-refractivity contribution in [3.05, 3.63) is 42.0 Å². The zero-order valence-electron chi connectivity index (χ0n) is 10.1. The molecule has 3 heteroatoms. The van der Waals surface area contributed by atoms with E-state index in [1.165, 1.54) is 0 Å². The third kappa shape index (κ3) is 2.28.